The Kier molecular flexibility index (Phi) is 9.65. The fourth-order valence-electron chi connectivity index (χ4n) is 8.68. The zero-order valence-electron chi connectivity index (χ0n) is 35.4. The van der Waals surface area contributed by atoms with Gasteiger partial charge in [-0.05, 0) is 141 Å². The average molecular weight is 845 g/mol. The van der Waals surface area contributed by atoms with Gasteiger partial charge in [-0.15, -0.1) is 0 Å². The summed E-state index contributed by atoms with van der Waals surface area (Å²) in [6.07, 6.45) is 18.5. The highest BCUT2D eigenvalue weighted by Gasteiger charge is 2.13. The largest absolute Gasteiger partial charge is 0.264 e. The lowest BCUT2D eigenvalue weighted by molar-refractivity contribution is 1.25. The monoisotopic (exact) mass is 844 g/mol. The van der Waals surface area contributed by atoms with E-state index < -0.39 is 0 Å². The molecule has 4 aromatic carbocycles. The Balaban J connectivity index is 0.779. The molecule has 0 radical (unpaired) electrons. The molecule has 0 amide bonds. The van der Waals surface area contributed by atoms with Gasteiger partial charge in [0.2, 0.25) is 0 Å². The topological polar surface area (TPSA) is 103 Å². The fraction of sp³-hybridized carbons (Fsp3) is 0. The number of nitrogens with zero attached hydrogens (tertiary/aromatic N) is 8. The predicted octanol–water partition coefficient (Wildman–Crippen LogP) is 13.6. The lowest BCUT2D eigenvalue weighted by atomic mass is 9.90. The van der Waals surface area contributed by atoms with Crippen LogP contribution in [0.2, 0.25) is 0 Å². The summed E-state index contributed by atoms with van der Waals surface area (Å²) in [7, 11) is 0. The molecule has 0 saturated heterocycles. The minimum atomic E-state index is 0.856. The van der Waals surface area contributed by atoms with E-state index in [9.17, 15) is 0 Å². The summed E-state index contributed by atoms with van der Waals surface area (Å²) < 4.78 is 0. The van der Waals surface area contributed by atoms with E-state index in [0.717, 1.165) is 89.8 Å². The van der Waals surface area contributed by atoms with Crippen LogP contribution in [0, 0.1) is 0 Å². The SMILES string of the molecule is c1cncc(-c2ccc(-c3ccc(-c4ccc(-c5ccc6c7ccc(-c8ccc(-c9ccc(-c%10ccc(-c%11cccnc%11)nc%10)nc9)nc8)cc7c7ccccc7c6c5)cn4)cn3)cn2)c1. The van der Waals surface area contributed by atoms with Gasteiger partial charge in [-0.25, -0.2) is 0 Å². The summed E-state index contributed by atoms with van der Waals surface area (Å²) in [6.45, 7) is 0. The van der Waals surface area contributed by atoms with Crippen molar-refractivity contribution >= 4 is 32.3 Å². The predicted molar refractivity (Wildman–Crippen MR) is 265 cm³/mol. The number of fused-ring (bicyclic) bond motifs is 6. The second kappa shape index (κ2) is 16.5. The lowest BCUT2D eigenvalue weighted by Crippen LogP contribution is -1.90. The Morgan fingerprint density at radius 3 is 0.773 bits per heavy atom. The van der Waals surface area contributed by atoms with Gasteiger partial charge < -0.3 is 0 Å². The van der Waals surface area contributed by atoms with E-state index in [1.165, 1.54) is 32.3 Å². The maximum atomic E-state index is 4.88. The smallest absolute Gasteiger partial charge is 0.0717 e. The van der Waals surface area contributed by atoms with Crippen LogP contribution in [-0.4, -0.2) is 39.9 Å². The Labute approximate surface area is 380 Å². The molecule has 8 heterocycles. The molecule has 8 heteroatoms. The van der Waals surface area contributed by atoms with Gasteiger partial charge in [0, 0.05) is 106 Å². The normalized spacial score (nSPS) is 11.3. The van der Waals surface area contributed by atoms with E-state index in [1.54, 1.807) is 12.4 Å². The molecule has 8 aromatic heterocycles. The van der Waals surface area contributed by atoms with Gasteiger partial charge >= 0.3 is 0 Å². The van der Waals surface area contributed by atoms with E-state index in [1.807, 2.05) is 110 Å². The Morgan fingerprint density at radius 2 is 0.485 bits per heavy atom. The Hall–Kier alpha value is -9.14. The molecule has 66 heavy (non-hydrogen) atoms. The van der Waals surface area contributed by atoms with Crippen LogP contribution in [0.25, 0.3) is 122 Å². The summed E-state index contributed by atoms with van der Waals surface area (Å²) in [6, 6.07) is 54.7. The molecule has 0 saturated carbocycles. The molecule has 0 N–H and O–H groups in total. The molecule has 0 atom stereocenters. The fourth-order valence-corrected chi connectivity index (χ4v) is 8.68. The summed E-state index contributed by atoms with van der Waals surface area (Å²) >= 11 is 0. The van der Waals surface area contributed by atoms with Crippen LogP contribution in [0.1, 0.15) is 0 Å². The lowest BCUT2D eigenvalue weighted by Gasteiger charge is -2.14. The van der Waals surface area contributed by atoms with Crippen LogP contribution < -0.4 is 0 Å². The van der Waals surface area contributed by atoms with Gasteiger partial charge in [-0.3, -0.25) is 39.9 Å². The number of pyridine rings is 8. The van der Waals surface area contributed by atoms with E-state index >= 15 is 0 Å². The zero-order chi connectivity index (χ0) is 43.8. The number of rotatable bonds is 8. The van der Waals surface area contributed by atoms with Crippen molar-refractivity contribution in [3.63, 3.8) is 0 Å². The van der Waals surface area contributed by atoms with E-state index in [2.05, 4.69) is 117 Å². The van der Waals surface area contributed by atoms with Crippen LogP contribution in [0.5, 0.6) is 0 Å². The van der Waals surface area contributed by atoms with Gasteiger partial charge in [0.25, 0.3) is 0 Å². The maximum Gasteiger partial charge on any atom is 0.0717 e. The van der Waals surface area contributed by atoms with Gasteiger partial charge in [-0.1, -0.05) is 60.7 Å². The molecule has 0 bridgehead atoms. The maximum absolute atomic E-state index is 4.88. The molecule has 12 rings (SSSR count). The third-order valence-electron chi connectivity index (χ3n) is 12.2. The molecule has 0 aliphatic heterocycles. The first-order valence-electron chi connectivity index (χ1n) is 21.7. The summed E-state index contributed by atoms with van der Waals surface area (Å²) in [4.78, 5) is 36.9. The molecule has 0 spiro atoms. The molecular formula is C58H36N8. The second-order valence-corrected chi connectivity index (χ2v) is 16.1. The number of aromatic nitrogens is 8. The molecule has 0 aliphatic carbocycles. The molecular weight excluding hydrogens is 809 g/mol. The van der Waals surface area contributed by atoms with Crippen molar-refractivity contribution in [2.75, 3.05) is 0 Å². The summed E-state index contributed by atoms with van der Waals surface area (Å²) in [5.74, 6) is 0. The first-order chi connectivity index (χ1) is 32.7. The molecule has 0 unspecified atom stereocenters. The quantitative estimate of drug-likeness (QED) is 0.139. The highest BCUT2D eigenvalue weighted by molar-refractivity contribution is 6.26. The highest BCUT2D eigenvalue weighted by atomic mass is 14.7. The molecule has 12 aromatic rings. The standard InChI is InChI=1S/C58H36N8/c1-2-8-48-47(7-1)51-27-37(39-11-19-55(61-31-39)43-15-23-57(65-35-43)45-13-21-53(63-33-45)41-5-3-25-59-29-41)9-17-49(51)50-18-10-38(28-52(48)50)40-12-20-56(62-32-40)44-16-24-58(66-36-44)46-14-22-54(64-34-46)42-6-4-26-60-30-42/h1-36H. The van der Waals surface area contributed by atoms with Crippen molar-refractivity contribution in [1.29, 1.82) is 0 Å². The van der Waals surface area contributed by atoms with Crippen LogP contribution in [0.3, 0.4) is 0 Å². The van der Waals surface area contributed by atoms with E-state index in [4.69, 9.17) is 19.9 Å². The van der Waals surface area contributed by atoms with Crippen molar-refractivity contribution in [2.24, 2.45) is 0 Å². The zero-order valence-corrected chi connectivity index (χ0v) is 35.4. The third-order valence-corrected chi connectivity index (χ3v) is 12.2. The minimum Gasteiger partial charge on any atom is -0.264 e. The minimum absolute atomic E-state index is 0.856. The first-order valence-corrected chi connectivity index (χ1v) is 21.7. The second-order valence-electron chi connectivity index (χ2n) is 16.1. The van der Waals surface area contributed by atoms with E-state index in [-0.39, 0.29) is 0 Å². The van der Waals surface area contributed by atoms with E-state index in [0.29, 0.717) is 0 Å². The Bertz CT molecular complexity index is 3410. The van der Waals surface area contributed by atoms with Gasteiger partial charge in [0.05, 0.1) is 34.2 Å². The van der Waals surface area contributed by atoms with Crippen LogP contribution in [0.4, 0.5) is 0 Å². The first kappa shape index (κ1) is 38.5. The number of hydrogen-bond acceptors (Lipinski definition) is 8. The number of hydrogen-bond donors (Lipinski definition) is 0. The van der Waals surface area contributed by atoms with Gasteiger partial charge in [0.15, 0.2) is 0 Å². The van der Waals surface area contributed by atoms with Gasteiger partial charge in [0.1, 0.15) is 0 Å². The van der Waals surface area contributed by atoms with Crippen molar-refractivity contribution in [2.45, 2.75) is 0 Å². The summed E-state index contributed by atoms with van der Waals surface area (Å²) in [5, 5.41) is 7.25. The molecule has 8 nitrogen and oxygen atoms in total. The average Bonchev–Trinajstić information content (AvgIpc) is 3.41. The van der Waals surface area contributed by atoms with Crippen molar-refractivity contribution < 1.29 is 0 Å². The van der Waals surface area contributed by atoms with Crippen molar-refractivity contribution in [3.05, 3.63) is 220 Å². The molecule has 0 fully saturated rings. The summed E-state index contributed by atoms with van der Waals surface area (Å²) in [5.41, 5.74) is 15.3. The van der Waals surface area contributed by atoms with Crippen molar-refractivity contribution in [1.82, 2.24) is 39.9 Å². The van der Waals surface area contributed by atoms with Crippen LogP contribution >= 0.6 is 0 Å². The molecule has 308 valence electrons. The third kappa shape index (κ3) is 7.28. The number of benzene rings is 4. The highest BCUT2D eigenvalue weighted by Crippen LogP contribution is 2.39. The molecule has 0 aliphatic rings. The Morgan fingerprint density at radius 1 is 0.197 bits per heavy atom. The van der Waals surface area contributed by atoms with Crippen LogP contribution in [0.15, 0.2) is 220 Å². The van der Waals surface area contributed by atoms with Gasteiger partial charge in [-0.2, -0.15) is 0 Å². The van der Waals surface area contributed by atoms with Crippen LogP contribution in [-0.2, 0) is 0 Å². The van der Waals surface area contributed by atoms with Crippen molar-refractivity contribution in [3.8, 4) is 89.8 Å².